The second kappa shape index (κ2) is 11.5. The van der Waals surface area contributed by atoms with Gasteiger partial charge in [0.25, 0.3) is 0 Å². The van der Waals surface area contributed by atoms with Gasteiger partial charge in [-0.15, -0.1) is 0 Å². The molecule has 0 amide bonds. The molecule has 0 atom stereocenters. The van der Waals surface area contributed by atoms with Gasteiger partial charge in [-0.05, 0) is 29.3 Å². The Morgan fingerprint density at radius 2 is 1.36 bits per heavy atom. The summed E-state index contributed by atoms with van der Waals surface area (Å²) in [5, 5.41) is 0. The average molecular weight is 514 g/mol. The van der Waals surface area contributed by atoms with Gasteiger partial charge < -0.3 is 9.64 Å². The van der Waals surface area contributed by atoms with Gasteiger partial charge in [0.1, 0.15) is 11.6 Å². The molecule has 0 spiro atoms. The summed E-state index contributed by atoms with van der Waals surface area (Å²) in [5.74, 6) is 2.51. The lowest BCUT2D eigenvalue weighted by Gasteiger charge is -2.35. The Kier molecular flexibility index (Phi) is 7.28. The van der Waals surface area contributed by atoms with Crippen LogP contribution in [0.15, 0.2) is 109 Å². The van der Waals surface area contributed by atoms with Crippen molar-refractivity contribution in [3.05, 3.63) is 115 Å². The molecule has 0 saturated carbocycles. The molecule has 39 heavy (non-hydrogen) atoms. The number of hydrogen-bond acceptors (Lipinski definition) is 6. The molecular formula is C33H31N5O. The van der Waals surface area contributed by atoms with Crippen LogP contribution in [0.5, 0.6) is 5.75 Å². The lowest BCUT2D eigenvalue weighted by molar-refractivity contribution is 0.249. The van der Waals surface area contributed by atoms with E-state index in [2.05, 4.69) is 81.5 Å². The maximum Gasteiger partial charge on any atom is 0.162 e. The minimum Gasteiger partial charge on any atom is -0.497 e. The number of aromatic nitrogens is 3. The van der Waals surface area contributed by atoms with Crippen LogP contribution >= 0.6 is 0 Å². The Bertz CT molecular complexity index is 1520. The highest BCUT2D eigenvalue weighted by molar-refractivity contribution is 5.73. The number of anilines is 1. The van der Waals surface area contributed by atoms with E-state index in [4.69, 9.17) is 14.7 Å². The fourth-order valence-electron chi connectivity index (χ4n) is 4.96. The number of nitrogens with zero attached hydrogens (tertiary/aromatic N) is 5. The molecule has 0 aliphatic carbocycles. The van der Waals surface area contributed by atoms with E-state index in [1.807, 2.05) is 42.7 Å². The predicted molar refractivity (Wildman–Crippen MR) is 157 cm³/mol. The van der Waals surface area contributed by atoms with Gasteiger partial charge >= 0.3 is 0 Å². The van der Waals surface area contributed by atoms with Gasteiger partial charge in [-0.3, -0.25) is 9.88 Å². The fraction of sp³-hybridized carbons (Fsp3) is 0.182. The third-order valence-electron chi connectivity index (χ3n) is 7.15. The maximum atomic E-state index is 5.32. The molecule has 0 N–H and O–H groups in total. The first-order chi connectivity index (χ1) is 19.2. The Balaban J connectivity index is 1.30. The van der Waals surface area contributed by atoms with Gasteiger partial charge in [0, 0.05) is 67.9 Å². The number of pyridine rings is 1. The molecular weight excluding hydrogens is 482 g/mol. The highest BCUT2D eigenvalue weighted by Crippen LogP contribution is 2.30. The normalized spacial score (nSPS) is 13.8. The zero-order valence-corrected chi connectivity index (χ0v) is 22.1. The number of methoxy groups -OCH3 is 1. The van der Waals surface area contributed by atoms with E-state index in [0.717, 1.165) is 78.1 Å². The minimum absolute atomic E-state index is 0.727. The van der Waals surface area contributed by atoms with E-state index in [1.165, 1.54) is 5.56 Å². The van der Waals surface area contributed by atoms with Gasteiger partial charge in [-0.1, -0.05) is 72.8 Å². The van der Waals surface area contributed by atoms with Crippen molar-refractivity contribution in [2.24, 2.45) is 0 Å². The smallest absolute Gasteiger partial charge is 0.162 e. The zero-order chi connectivity index (χ0) is 26.4. The van der Waals surface area contributed by atoms with E-state index >= 15 is 0 Å². The fourth-order valence-corrected chi connectivity index (χ4v) is 4.96. The topological polar surface area (TPSA) is 54.4 Å². The molecule has 1 aliphatic heterocycles. The first-order valence-corrected chi connectivity index (χ1v) is 13.3. The molecule has 5 aromatic rings. The summed E-state index contributed by atoms with van der Waals surface area (Å²) < 4.78 is 5.32. The number of ether oxygens (including phenoxy) is 1. The molecule has 6 nitrogen and oxygen atoms in total. The monoisotopic (exact) mass is 513 g/mol. The number of piperazine rings is 1. The number of hydrogen-bond donors (Lipinski definition) is 0. The molecule has 0 unspecified atom stereocenters. The summed E-state index contributed by atoms with van der Waals surface area (Å²) in [6.07, 6.45) is 3.77. The predicted octanol–water partition coefficient (Wildman–Crippen LogP) is 6.20. The summed E-state index contributed by atoms with van der Waals surface area (Å²) >= 11 is 0. The van der Waals surface area contributed by atoms with Crippen molar-refractivity contribution in [3.63, 3.8) is 0 Å². The van der Waals surface area contributed by atoms with Crippen LogP contribution in [0.2, 0.25) is 0 Å². The van der Waals surface area contributed by atoms with Gasteiger partial charge in [-0.2, -0.15) is 0 Å². The van der Waals surface area contributed by atoms with Gasteiger partial charge in [0.2, 0.25) is 0 Å². The third-order valence-corrected chi connectivity index (χ3v) is 7.15. The molecule has 1 fully saturated rings. The van der Waals surface area contributed by atoms with E-state index < -0.39 is 0 Å². The third kappa shape index (κ3) is 5.81. The Morgan fingerprint density at radius 1 is 0.667 bits per heavy atom. The van der Waals surface area contributed by atoms with Crippen molar-refractivity contribution >= 4 is 5.82 Å². The molecule has 0 radical (unpaired) electrons. The molecule has 1 saturated heterocycles. The van der Waals surface area contributed by atoms with Crippen molar-refractivity contribution in [2.75, 3.05) is 38.2 Å². The van der Waals surface area contributed by atoms with Crippen molar-refractivity contribution in [1.29, 1.82) is 0 Å². The van der Waals surface area contributed by atoms with Crippen molar-refractivity contribution in [2.45, 2.75) is 6.54 Å². The lowest BCUT2D eigenvalue weighted by Crippen LogP contribution is -2.46. The average Bonchev–Trinajstić information content (AvgIpc) is 3.02. The molecule has 1 aliphatic rings. The van der Waals surface area contributed by atoms with E-state index in [0.29, 0.717) is 0 Å². The van der Waals surface area contributed by atoms with Crippen molar-refractivity contribution < 1.29 is 4.74 Å². The highest BCUT2D eigenvalue weighted by Gasteiger charge is 2.20. The van der Waals surface area contributed by atoms with E-state index in [1.54, 1.807) is 7.11 Å². The van der Waals surface area contributed by atoms with Crippen LogP contribution in [0, 0.1) is 0 Å². The molecule has 6 heteroatoms. The molecule has 2 aromatic heterocycles. The number of benzene rings is 3. The Hall–Kier alpha value is -4.55. The van der Waals surface area contributed by atoms with Crippen LogP contribution in [0.4, 0.5) is 5.82 Å². The summed E-state index contributed by atoms with van der Waals surface area (Å²) in [5.41, 5.74) is 6.30. The first kappa shape index (κ1) is 24.8. The van der Waals surface area contributed by atoms with Crippen LogP contribution in [0.1, 0.15) is 5.56 Å². The van der Waals surface area contributed by atoms with E-state index in [9.17, 15) is 0 Å². The molecule has 194 valence electrons. The minimum atomic E-state index is 0.727. The molecule has 0 bridgehead atoms. The van der Waals surface area contributed by atoms with Gasteiger partial charge in [0.05, 0.1) is 12.8 Å². The van der Waals surface area contributed by atoms with Crippen LogP contribution in [0.3, 0.4) is 0 Å². The molecule has 3 heterocycles. The van der Waals surface area contributed by atoms with Gasteiger partial charge in [0.15, 0.2) is 5.82 Å². The van der Waals surface area contributed by atoms with Crippen LogP contribution in [0.25, 0.3) is 33.8 Å². The van der Waals surface area contributed by atoms with Crippen LogP contribution in [-0.2, 0) is 6.54 Å². The summed E-state index contributed by atoms with van der Waals surface area (Å²) in [6.45, 7) is 4.79. The quantitative estimate of drug-likeness (QED) is 0.258. The van der Waals surface area contributed by atoms with E-state index in [-0.39, 0.29) is 0 Å². The van der Waals surface area contributed by atoms with Crippen LogP contribution < -0.4 is 9.64 Å². The first-order valence-electron chi connectivity index (χ1n) is 13.3. The SMILES string of the molecule is COc1ccc(-c2cncc(-c3cc(N4CCN(Cc5ccccc5)CC4)nc(-c4ccccc4)n3)c2)cc1. The summed E-state index contributed by atoms with van der Waals surface area (Å²) in [7, 11) is 1.68. The standard InChI is InChI=1S/C33H31N5O/c1-39-30-14-12-26(13-15-30)28-20-29(23-34-22-28)31-21-32(36-33(35-31)27-10-6-3-7-11-27)38-18-16-37(17-19-38)24-25-8-4-2-5-9-25/h2-15,20-23H,16-19,24H2,1H3. The largest absolute Gasteiger partial charge is 0.497 e. The molecule has 6 rings (SSSR count). The van der Waals surface area contributed by atoms with Crippen LogP contribution in [-0.4, -0.2) is 53.1 Å². The molecule has 3 aromatic carbocycles. The Labute approximate surface area is 229 Å². The zero-order valence-electron chi connectivity index (χ0n) is 22.1. The summed E-state index contributed by atoms with van der Waals surface area (Å²) in [6, 6.07) is 33.2. The second-order valence-corrected chi connectivity index (χ2v) is 9.74. The Morgan fingerprint density at radius 3 is 2.08 bits per heavy atom. The number of rotatable bonds is 7. The summed E-state index contributed by atoms with van der Waals surface area (Å²) in [4.78, 5) is 19.5. The van der Waals surface area contributed by atoms with Crippen molar-refractivity contribution in [3.8, 4) is 39.5 Å². The lowest BCUT2D eigenvalue weighted by atomic mass is 10.0. The highest BCUT2D eigenvalue weighted by atomic mass is 16.5. The van der Waals surface area contributed by atoms with Gasteiger partial charge in [-0.25, -0.2) is 9.97 Å². The maximum absolute atomic E-state index is 5.32. The van der Waals surface area contributed by atoms with Crippen molar-refractivity contribution in [1.82, 2.24) is 19.9 Å². The second-order valence-electron chi connectivity index (χ2n) is 9.74.